The quantitative estimate of drug-likeness (QED) is 0.928. The second-order valence-corrected chi connectivity index (χ2v) is 7.20. The first-order chi connectivity index (χ1) is 10.1. The van der Waals surface area contributed by atoms with Gasteiger partial charge in [0.05, 0.1) is 0 Å². The Hall–Kier alpha value is -1.06. The summed E-state index contributed by atoms with van der Waals surface area (Å²) in [6.07, 6.45) is 3.56. The first-order valence-corrected chi connectivity index (χ1v) is 8.40. The Balaban J connectivity index is 1.88. The van der Waals surface area contributed by atoms with E-state index >= 15 is 0 Å². The molecule has 1 aromatic rings. The summed E-state index contributed by atoms with van der Waals surface area (Å²) in [5, 5.41) is 0. The molecule has 2 aliphatic rings. The van der Waals surface area contributed by atoms with Crippen LogP contribution in [0.5, 0.6) is 0 Å². The summed E-state index contributed by atoms with van der Waals surface area (Å²) < 4.78 is 0. The maximum Gasteiger partial charge on any atom is 0.0499 e. The molecular formula is C18H29N3. The molecule has 0 saturated carbocycles. The first kappa shape index (κ1) is 14.9. The van der Waals surface area contributed by atoms with Gasteiger partial charge in [0.25, 0.3) is 0 Å². The number of nitrogens with zero attached hydrogens (tertiary/aromatic N) is 2. The number of likely N-dealkylation sites (tertiary alicyclic amines) is 1. The molecule has 2 N–H and O–H groups in total. The Morgan fingerprint density at radius 3 is 2.86 bits per heavy atom. The van der Waals surface area contributed by atoms with Gasteiger partial charge in [-0.2, -0.15) is 0 Å². The van der Waals surface area contributed by atoms with Gasteiger partial charge in [0.2, 0.25) is 0 Å². The number of rotatable bonds is 3. The van der Waals surface area contributed by atoms with E-state index < -0.39 is 0 Å². The van der Waals surface area contributed by atoms with E-state index in [9.17, 15) is 0 Å². The van der Waals surface area contributed by atoms with Crippen molar-refractivity contribution in [3.05, 3.63) is 29.3 Å². The maximum atomic E-state index is 6.50. The average Bonchev–Trinajstić information content (AvgIpc) is 2.79. The minimum Gasteiger partial charge on any atom is -0.374 e. The molecule has 2 heterocycles. The van der Waals surface area contributed by atoms with Crippen LogP contribution in [0.1, 0.15) is 43.9 Å². The van der Waals surface area contributed by atoms with E-state index in [0.717, 1.165) is 19.5 Å². The highest BCUT2D eigenvalue weighted by molar-refractivity contribution is 5.58. The zero-order valence-corrected chi connectivity index (χ0v) is 13.7. The number of anilines is 1. The summed E-state index contributed by atoms with van der Waals surface area (Å²) in [6.45, 7) is 8.08. The Labute approximate surface area is 129 Å². The third-order valence-corrected chi connectivity index (χ3v) is 4.95. The van der Waals surface area contributed by atoms with Crippen molar-refractivity contribution in [3.8, 4) is 0 Å². The Morgan fingerprint density at radius 2 is 2.10 bits per heavy atom. The van der Waals surface area contributed by atoms with Crippen LogP contribution in [-0.4, -0.2) is 37.6 Å². The van der Waals surface area contributed by atoms with Gasteiger partial charge in [-0.05, 0) is 48.9 Å². The normalized spacial score (nSPS) is 26.4. The first-order valence-electron chi connectivity index (χ1n) is 8.40. The van der Waals surface area contributed by atoms with E-state index in [1.165, 1.54) is 36.2 Å². The molecule has 1 fully saturated rings. The predicted molar refractivity (Wildman–Crippen MR) is 89.8 cm³/mol. The number of likely N-dealkylation sites (N-methyl/N-ethyl adjacent to an activating group) is 1. The lowest BCUT2D eigenvalue weighted by molar-refractivity contribution is 0.114. The van der Waals surface area contributed by atoms with Crippen molar-refractivity contribution in [2.75, 3.05) is 31.6 Å². The van der Waals surface area contributed by atoms with Gasteiger partial charge in [0.1, 0.15) is 0 Å². The van der Waals surface area contributed by atoms with Crippen LogP contribution in [0.25, 0.3) is 0 Å². The van der Waals surface area contributed by atoms with Crippen molar-refractivity contribution in [3.63, 3.8) is 0 Å². The number of piperidine rings is 1. The number of hydrogen-bond donors (Lipinski definition) is 1. The van der Waals surface area contributed by atoms with Gasteiger partial charge in [-0.3, -0.25) is 4.90 Å². The average molecular weight is 287 g/mol. The summed E-state index contributed by atoms with van der Waals surface area (Å²) in [7, 11) is 2.18. The van der Waals surface area contributed by atoms with Crippen molar-refractivity contribution >= 4 is 5.69 Å². The fourth-order valence-corrected chi connectivity index (χ4v) is 4.00. The van der Waals surface area contributed by atoms with E-state index in [1.807, 2.05) is 0 Å². The highest BCUT2D eigenvalue weighted by atomic mass is 15.2. The van der Waals surface area contributed by atoms with Crippen molar-refractivity contribution in [2.45, 2.75) is 45.2 Å². The molecule has 0 bridgehead atoms. The van der Waals surface area contributed by atoms with Crippen molar-refractivity contribution < 1.29 is 0 Å². The lowest BCUT2D eigenvalue weighted by Gasteiger charge is -2.41. The van der Waals surface area contributed by atoms with E-state index in [2.05, 4.69) is 48.9 Å². The van der Waals surface area contributed by atoms with Gasteiger partial charge in [-0.25, -0.2) is 0 Å². The molecule has 1 saturated heterocycles. The van der Waals surface area contributed by atoms with E-state index in [0.29, 0.717) is 12.0 Å². The predicted octanol–water partition coefficient (Wildman–Crippen LogP) is 2.80. The van der Waals surface area contributed by atoms with Crippen LogP contribution in [0.2, 0.25) is 0 Å². The van der Waals surface area contributed by atoms with Crippen molar-refractivity contribution in [1.29, 1.82) is 0 Å². The molecule has 116 valence electrons. The van der Waals surface area contributed by atoms with Crippen LogP contribution < -0.4 is 10.6 Å². The molecule has 0 amide bonds. The second kappa shape index (κ2) is 5.98. The molecule has 0 aliphatic carbocycles. The third-order valence-electron chi connectivity index (χ3n) is 4.95. The maximum absolute atomic E-state index is 6.50. The molecule has 1 aromatic carbocycles. The molecule has 0 spiro atoms. The summed E-state index contributed by atoms with van der Waals surface area (Å²) in [5.74, 6) is 0.693. The van der Waals surface area contributed by atoms with Crippen LogP contribution in [-0.2, 0) is 6.42 Å². The largest absolute Gasteiger partial charge is 0.374 e. The van der Waals surface area contributed by atoms with E-state index in [-0.39, 0.29) is 6.04 Å². The van der Waals surface area contributed by atoms with Gasteiger partial charge < -0.3 is 10.6 Å². The molecule has 0 aromatic heterocycles. The monoisotopic (exact) mass is 287 g/mol. The Bertz CT molecular complexity index is 497. The highest BCUT2D eigenvalue weighted by Gasteiger charge is 2.31. The van der Waals surface area contributed by atoms with E-state index in [1.54, 1.807) is 0 Å². The number of benzene rings is 1. The van der Waals surface area contributed by atoms with Crippen LogP contribution >= 0.6 is 0 Å². The number of hydrogen-bond acceptors (Lipinski definition) is 3. The minimum atomic E-state index is 0.273. The zero-order chi connectivity index (χ0) is 15.0. The molecule has 2 unspecified atom stereocenters. The molecular weight excluding hydrogens is 258 g/mol. The van der Waals surface area contributed by atoms with Gasteiger partial charge in [-0.1, -0.05) is 26.0 Å². The molecule has 3 heteroatoms. The fraction of sp³-hybridized carbons (Fsp3) is 0.667. The smallest absolute Gasteiger partial charge is 0.0499 e. The van der Waals surface area contributed by atoms with Crippen LogP contribution in [0.3, 0.4) is 0 Å². The van der Waals surface area contributed by atoms with E-state index in [4.69, 9.17) is 5.73 Å². The zero-order valence-electron chi connectivity index (χ0n) is 13.7. The number of fused-ring (bicyclic) bond motifs is 1. The van der Waals surface area contributed by atoms with Gasteiger partial charge >= 0.3 is 0 Å². The third kappa shape index (κ3) is 2.95. The molecule has 21 heavy (non-hydrogen) atoms. The summed E-state index contributed by atoms with van der Waals surface area (Å²) in [6, 6.07) is 7.70. The van der Waals surface area contributed by atoms with Gasteiger partial charge in [0, 0.05) is 37.9 Å². The summed E-state index contributed by atoms with van der Waals surface area (Å²) in [4.78, 5) is 4.96. The minimum absolute atomic E-state index is 0.273. The molecule has 3 nitrogen and oxygen atoms in total. The molecule has 0 radical (unpaired) electrons. The summed E-state index contributed by atoms with van der Waals surface area (Å²) >= 11 is 0. The van der Waals surface area contributed by atoms with Gasteiger partial charge in [-0.15, -0.1) is 0 Å². The topological polar surface area (TPSA) is 32.5 Å². The molecule has 2 atom stereocenters. The molecule has 3 rings (SSSR count). The fourth-order valence-electron chi connectivity index (χ4n) is 4.00. The Kier molecular flexibility index (Phi) is 4.23. The lowest BCUT2D eigenvalue weighted by atomic mass is 9.89. The molecule has 2 aliphatic heterocycles. The van der Waals surface area contributed by atoms with Crippen molar-refractivity contribution in [2.24, 2.45) is 11.7 Å². The highest BCUT2D eigenvalue weighted by Crippen LogP contribution is 2.35. The standard InChI is InChI=1S/C18H29N3/c1-13(2)12-21-9-4-5-16(19)18(21)15-6-7-17-14(11-15)8-10-20(17)3/h6-7,11,13,16,18H,4-5,8-10,12,19H2,1-3H3. The van der Waals surface area contributed by atoms with Crippen LogP contribution in [0, 0.1) is 5.92 Å². The van der Waals surface area contributed by atoms with Crippen LogP contribution in [0.15, 0.2) is 18.2 Å². The van der Waals surface area contributed by atoms with Crippen LogP contribution in [0.4, 0.5) is 5.69 Å². The second-order valence-electron chi connectivity index (χ2n) is 7.20. The number of nitrogens with two attached hydrogens (primary N) is 1. The van der Waals surface area contributed by atoms with Crippen molar-refractivity contribution in [1.82, 2.24) is 4.90 Å². The summed E-state index contributed by atoms with van der Waals surface area (Å²) in [5.41, 5.74) is 10.8. The Morgan fingerprint density at radius 1 is 1.29 bits per heavy atom. The lowest BCUT2D eigenvalue weighted by Crippen LogP contribution is -2.47. The SMILES string of the molecule is CC(C)CN1CCCC(N)C1c1ccc2c(c1)CCN2C. The van der Waals surface area contributed by atoms with Gasteiger partial charge in [0.15, 0.2) is 0 Å².